The van der Waals surface area contributed by atoms with Crippen LogP contribution in [0, 0.1) is 0 Å². The molecule has 26 heavy (non-hydrogen) atoms. The van der Waals surface area contributed by atoms with Crippen molar-refractivity contribution in [1.82, 2.24) is 0 Å². The number of ether oxygens (including phenoxy) is 2. The molecule has 7 nitrogen and oxygen atoms in total. The highest BCUT2D eigenvalue weighted by molar-refractivity contribution is 7.93. The summed E-state index contributed by atoms with van der Waals surface area (Å²) in [7, 11) is -1.88. The predicted molar refractivity (Wildman–Crippen MR) is 99.0 cm³/mol. The summed E-state index contributed by atoms with van der Waals surface area (Å²) in [6, 6.07) is 14.2. The zero-order valence-electron chi connectivity index (χ0n) is 14.3. The Morgan fingerprint density at radius 3 is 2.62 bits per heavy atom. The van der Waals surface area contributed by atoms with Crippen molar-refractivity contribution in [2.75, 3.05) is 29.0 Å². The van der Waals surface area contributed by atoms with Crippen LogP contribution in [0.5, 0.6) is 5.75 Å². The molecule has 3 rings (SSSR count). The van der Waals surface area contributed by atoms with E-state index in [9.17, 15) is 13.2 Å². The highest BCUT2D eigenvalue weighted by Gasteiger charge is 2.30. The quantitative estimate of drug-likeness (QED) is 0.867. The van der Waals surface area contributed by atoms with Crippen molar-refractivity contribution < 1.29 is 22.7 Å². The van der Waals surface area contributed by atoms with Gasteiger partial charge in [-0.15, -0.1) is 0 Å². The number of benzene rings is 2. The first-order valence-corrected chi connectivity index (χ1v) is 9.77. The lowest BCUT2D eigenvalue weighted by atomic mass is 10.2. The van der Waals surface area contributed by atoms with Gasteiger partial charge in [-0.2, -0.15) is 0 Å². The molecule has 0 bridgehead atoms. The molecule has 0 spiro atoms. The number of carbonyl (C=O) groups is 1. The fraction of sp³-hybridized carbons (Fsp3) is 0.278. The van der Waals surface area contributed by atoms with Crippen molar-refractivity contribution in [3.63, 3.8) is 0 Å². The van der Waals surface area contributed by atoms with Crippen LogP contribution in [0.3, 0.4) is 0 Å². The minimum Gasteiger partial charge on any atom is -0.495 e. The van der Waals surface area contributed by atoms with E-state index in [1.54, 1.807) is 18.2 Å². The molecule has 8 heteroatoms. The molecule has 0 atom stereocenters. The zero-order valence-corrected chi connectivity index (χ0v) is 15.2. The molecule has 1 fully saturated rings. The van der Waals surface area contributed by atoms with E-state index in [1.807, 2.05) is 30.3 Å². The van der Waals surface area contributed by atoms with Gasteiger partial charge >= 0.3 is 6.09 Å². The summed E-state index contributed by atoms with van der Waals surface area (Å²) in [4.78, 5) is 12.0. The Bertz CT molecular complexity index is 884. The number of carbonyl (C=O) groups excluding carboxylic acids is 1. The SMILES string of the molecule is COc1ccc(NC(=O)OCc2ccccc2)cc1N1CCCS1(=O)=O. The molecule has 0 unspecified atom stereocenters. The van der Waals surface area contributed by atoms with Crippen LogP contribution < -0.4 is 14.4 Å². The summed E-state index contributed by atoms with van der Waals surface area (Å²) in [6.07, 6.45) is -0.0586. The first-order valence-electron chi connectivity index (χ1n) is 8.16. The van der Waals surface area contributed by atoms with Crippen molar-refractivity contribution >= 4 is 27.5 Å². The van der Waals surface area contributed by atoms with Crippen LogP contribution in [0.15, 0.2) is 48.5 Å². The van der Waals surface area contributed by atoms with E-state index < -0.39 is 16.1 Å². The summed E-state index contributed by atoms with van der Waals surface area (Å²) in [6.45, 7) is 0.538. The van der Waals surface area contributed by atoms with Crippen LogP contribution >= 0.6 is 0 Å². The van der Waals surface area contributed by atoms with Crippen LogP contribution in [0.25, 0.3) is 0 Å². The van der Waals surface area contributed by atoms with Crippen molar-refractivity contribution in [2.45, 2.75) is 13.0 Å². The smallest absolute Gasteiger partial charge is 0.411 e. The topological polar surface area (TPSA) is 84.9 Å². The molecule has 1 saturated heterocycles. The van der Waals surface area contributed by atoms with Gasteiger partial charge in [0.2, 0.25) is 10.0 Å². The van der Waals surface area contributed by atoms with E-state index in [0.29, 0.717) is 30.1 Å². The number of nitrogens with zero attached hydrogens (tertiary/aromatic N) is 1. The number of anilines is 2. The second kappa shape index (κ2) is 7.65. The second-order valence-corrected chi connectivity index (χ2v) is 7.83. The molecule has 138 valence electrons. The van der Waals surface area contributed by atoms with Crippen molar-refractivity contribution in [1.29, 1.82) is 0 Å². The molecule has 1 aliphatic heterocycles. The first-order chi connectivity index (χ1) is 12.5. The zero-order chi connectivity index (χ0) is 18.6. The third-order valence-electron chi connectivity index (χ3n) is 4.01. The molecular weight excluding hydrogens is 356 g/mol. The van der Waals surface area contributed by atoms with Gasteiger partial charge in [-0.05, 0) is 30.2 Å². The number of amides is 1. The number of rotatable bonds is 5. The molecule has 0 aromatic heterocycles. The van der Waals surface area contributed by atoms with E-state index in [4.69, 9.17) is 9.47 Å². The maximum Gasteiger partial charge on any atom is 0.411 e. The van der Waals surface area contributed by atoms with Gasteiger partial charge in [0.15, 0.2) is 0 Å². The highest BCUT2D eigenvalue weighted by Crippen LogP contribution is 2.35. The monoisotopic (exact) mass is 376 g/mol. The normalized spacial score (nSPS) is 15.5. The average molecular weight is 376 g/mol. The van der Waals surface area contributed by atoms with Crippen LogP contribution in [-0.2, 0) is 21.4 Å². The largest absolute Gasteiger partial charge is 0.495 e. The Kier molecular flexibility index (Phi) is 5.32. The predicted octanol–water partition coefficient (Wildman–Crippen LogP) is 2.98. The van der Waals surface area contributed by atoms with Gasteiger partial charge < -0.3 is 9.47 Å². The van der Waals surface area contributed by atoms with Gasteiger partial charge in [-0.1, -0.05) is 30.3 Å². The van der Waals surface area contributed by atoms with E-state index in [0.717, 1.165) is 5.56 Å². The first kappa shape index (κ1) is 18.1. The molecule has 1 amide bonds. The molecule has 0 saturated carbocycles. The summed E-state index contributed by atoms with van der Waals surface area (Å²) in [5.41, 5.74) is 1.72. The van der Waals surface area contributed by atoms with Crippen LogP contribution in [0.4, 0.5) is 16.2 Å². The van der Waals surface area contributed by atoms with Gasteiger partial charge in [0.25, 0.3) is 0 Å². The Hall–Kier alpha value is -2.74. The van der Waals surface area contributed by atoms with Gasteiger partial charge in [0.1, 0.15) is 12.4 Å². The van der Waals surface area contributed by atoms with Gasteiger partial charge in [0, 0.05) is 12.2 Å². The maximum absolute atomic E-state index is 12.2. The lowest BCUT2D eigenvalue weighted by molar-refractivity contribution is 0.155. The molecule has 0 radical (unpaired) electrons. The molecule has 2 aromatic rings. The Balaban J connectivity index is 1.72. The molecule has 2 aromatic carbocycles. The summed E-state index contributed by atoms with van der Waals surface area (Å²) in [5.74, 6) is 0.533. The lowest BCUT2D eigenvalue weighted by Gasteiger charge is -2.20. The Morgan fingerprint density at radius 1 is 1.19 bits per heavy atom. The van der Waals surface area contributed by atoms with Crippen LogP contribution in [0.1, 0.15) is 12.0 Å². The second-order valence-electron chi connectivity index (χ2n) is 5.82. The van der Waals surface area contributed by atoms with E-state index in [1.165, 1.54) is 11.4 Å². The molecule has 1 aliphatic rings. The van der Waals surface area contributed by atoms with E-state index >= 15 is 0 Å². The summed E-state index contributed by atoms with van der Waals surface area (Å²) in [5, 5.41) is 2.62. The third kappa shape index (κ3) is 4.08. The van der Waals surface area contributed by atoms with Gasteiger partial charge in [-0.3, -0.25) is 9.62 Å². The number of methoxy groups -OCH3 is 1. The van der Waals surface area contributed by atoms with Crippen LogP contribution in [0.2, 0.25) is 0 Å². The minimum atomic E-state index is -3.35. The van der Waals surface area contributed by atoms with Crippen molar-refractivity contribution in [3.8, 4) is 5.75 Å². The summed E-state index contributed by atoms with van der Waals surface area (Å²) < 4.78 is 36.1. The fourth-order valence-corrected chi connectivity index (χ4v) is 4.31. The molecule has 1 heterocycles. The minimum absolute atomic E-state index is 0.104. The maximum atomic E-state index is 12.2. The average Bonchev–Trinajstić information content (AvgIpc) is 3.00. The molecule has 0 aliphatic carbocycles. The third-order valence-corrected chi connectivity index (χ3v) is 5.86. The van der Waals surface area contributed by atoms with E-state index in [-0.39, 0.29) is 12.4 Å². The van der Waals surface area contributed by atoms with Gasteiger partial charge in [0.05, 0.1) is 18.6 Å². The molecule has 1 N–H and O–H groups in total. The Labute approximate surface area is 152 Å². The Morgan fingerprint density at radius 2 is 1.96 bits per heavy atom. The highest BCUT2D eigenvalue weighted by atomic mass is 32.2. The molecular formula is C18H20N2O5S. The van der Waals surface area contributed by atoms with Crippen LogP contribution in [-0.4, -0.2) is 33.9 Å². The number of hydrogen-bond donors (Lipinski definition) is 1. The standard InChI is InChI=1S/C18H20N2O5S/c1-24-17-9-8-15(12-16(17)20-10-5-11-26(20,22)23)19-18(21)25-13-14-6-3-2-4-7-14/h2-4,6-9,12H,5,10-11,13H2,1H3,(H,19,21). The number of hydrogen-bond acceptors (Lipinski definition) is 5. The summed E-state index contributed by atoms with van der Waals surface area (Å²) >= 11 is 0. The lowest BCUT2D eigenvalue weighted by Crippen LogP contribution is -2.25. The van der Waals surface area contributed by atoms with Crippen molar-refractivity contribution in [2.24, 2.45) is 0 Å². The number of sulfonamides is 1. The van der Waals surface area contributed by atoms with Gasteiger partial charge in [-0.25, -0.2) is 13.2 Å². The van der Waals surface area contributed by atoms with Crippen molar-refractivity contribution in [3.05, 3.63) is 54.1 Å². The number of nitrogens with one attached hydrogen (secondary N) is 1. The van der Waals surface area contributed by atoms with E-state index in [2.05, 4.69) is 5.32 Å². The fourth-order valence-electron chi connectivity index (χ4n) is 2.75.